The van der Waals surface area contributed by atoms with E-state index in [4.69, 9.17) is 9.47 Å². The van der Waals surface area contributed by atoms with Gasteiger partial charge in [-0.1, -0.05) is 15.9 Å². The Morgan fingerprint density at radius 2 is 1.76 bits per heavy atom. The third-order valence-electron chi connectivity index (χ3n) is 3.52. The predicted octanol–water partition coefficient (Wildman–Crippen LogP) is 3.27. The van der Waals surface area contributed by atoms with Crippen LogP contribution in [0.4, 0.5) is 5.69 Å². The highest BCUT2D eigenvalue weighted by molar-refractivity contribution is 9.10. The lowest BCUT2D eigenvalue weighted by Crippen LogP contribution is -2.16. The van der Waals surface area contributed by atoms with E-state index in [0.717, 1.165) is 0 Å². The van der Waals surface area contributed by atoms with Gasteiger partial charge in [0.05, 0.1) is 30.4 Å². The van der Waals surface area contributed by atoms with Gasteiger partial charge in [0.25, 0.3) is 10.0 Å². The first-order valence-corrected chi connectivity index (χ1v) is 9.26. The van der Waals surface area contributed by atoms with Crippen molar-refractivity contribution in [1.82, 2.24) is 0 Å². The highest BCUT2D eigenvalue weighted by atomic mass is 79.9. The summed E-state index contributed by atoms with van der Waals surface area (Å²) in [5.41, 5.74) is 0.265. The van der Waals surface area contributed by atoms with E-state index in [0.29, 0.717) is 15.8 Å². The van der Waals surface area contributed by atoms with Crippen molar-refractivity contribution < 1.29 is 27.8 Å². The number of sulfonamides is 1. The van der Waals surface area contributed by atoms with E-state index in [9.17, 15) is 18.3 Å². The minimum absolute atomic E-state index is 0.0250. The first-order valence-electron chi connectivity index (χ1n) is 6.98. The fourth-order valence-electron chi connectivity index (χ4n) is 2.23. The van der Waals surface area contributed by atoms with E-state index in [2.05, 4.69) is 20.7 Å². The SMILES string of the molecule is COc1ccc(S(=O)(=O)Nc2ccc(Br)c(C)c2C(=O)O)cc1OC. The zero-order valence-corrected chi connectivity index (χ0v) is 16.1. The summed E-state index contributed by atoms with van der Waals surface area (Å²) in [5.74, 6) is -0.605. The second-order valence-corrected chi connectivity index (χ2v) is 7.56. The number of carboxylic acids is 1. The number of hydrogen-bond donors (Lipinski definition) is 2. The average Bonchev–Trinajstić information content (AvgIpc) is 2.57. The van der Waals surface area contributed by atoms with Crippen LogP contribution in [-0.4, -0.2) is 33.7 Å². The molecule has 2 aromatic rings. The summed E-state index contributed by atoms with van der Waals surface area (Å²) in [7, 11) is -1.19. The molecule has 2 N–H and O–H groups in total. The Balaban J connectivity index is 2.50. The second-order valence-electron chi connectivity index (χ2n) is 5.02. The Morgan fingerprint density at radius 1 is 1.12 bits per heavy atom. The molecule has 2 rings (SSSR count). The van der Waals surface area contributed by atoms with Gasteiger partial charge in [-0.3, -0.25) is 4.72 Å². The smallest absolute Gasteiger partial charge is 0.338 e. The number of ether oxygens (including phenoxy) is 2. The summed E-state index contributed by atoms with van der Waals surface area (Å²) < 4.78 is 38.3. The summed E-state index contributed by atoms with van der Waals surface area (Å²) in [5, 5.41) is 9.40. The lowest BCUT2D eigenvalue weighted by Gasteiger charge is -2.14. The van der Waals surface area contributed by atoms with Crippen LogP contribution in [0, 0.1) is 6.92 Å². The lowest BCUT2D eigenvalue weighted by atomic mass is 10.1. The monoisotopic (exact) mass is 429 g/mol. The molecule has 0 atom stereocenters. The standard InChI is InChI=1S/C16H16BrNO6S/c1-9-11(17)5-6-12(15(9)16(19)20)18-25(21,22)10-4-7-13(23-2)14(8-10)24-3/h4-8,18H,1-3H3,(H,19,20). The summed E-state index contributed by atoms with van der Waals surface area (Å²) in [6, 6.07) is 7.06. The molecule has 0 aliphatic rings. The molecule has 0 saturated heterocycles. The highest BCUT2D eigenvalue weighted by Gasteiger charge is 2.22. The van der Waals surface area contributed by atoms with Crippen LogP contribution in [0.15, 0.2) is 39.7 Å². The van der Waals surface area contributed by atoms with Crippen molar-refractivity contribution in [3.05, 3.63) is 45.9 Å². The fourth-order valence-corrected chi connectivity index (χ4v) is 3.65. The van der Waals surface area contributed by atoms with Crippen molar-refractivity contribution in [3.8, 4) is 11.5 Å². The number of carbonyl (C=O) groups is 1. The van der Waals surface area contributed by atoms with Gasteiger partial charge in [-0.15, -0.1) is 0 Å². The number of aromatic carboxylic acids is 1. The fraction of sp³-hybridized carbons (Fsp3) is 0.188. The normalized spacial score (nSPS) is 11.0. The van der Waals surface area contributed by atoms with Gasteiger partial charge in [-0.25, -0.2) is 13.2 Å². The first-order chi connectivity index (χ1) is 11.7. The number of carboxylic acid groups (broad SMARTS) is 1. The van der Waals surface area contributed by atoms with Crippen molar-refractivity contribution >= 4 is 37.6 Å². The summed E-state index contributed by atoms with van der Waals surface area (Å²) >= 11 is 3.24. The molecule has 0 aromatic heterocycles. The van der Waals surface area contributed by atoms with Gasteiger partial charge in [0.1, 0.15) is 0 Å². The molecule has 0 heterocycles. The Morgan fingerprint density at radius 3 is 2.32 bits per heavy atom. The van der Waals surface area contributed by atoms with E-state index >= 15 is 0 Å². The average molecular weight is 430 g/mol. The van der Waals surface area contributed by atoms with Gasteiger partial charge in [-0.05, 0) is 36.8 Å². The topological polar surface area (TPSA) is 102 Å². The summed E-state index contributed by atoms with van der Waals surface area (Å²) in [6.45, 7) is 1.59. The quantitative estimate of drug-likeness (QED) is 0.730. The maximum absolute atomic E-state index is 12.6. The number of anilines is 1. The predicted molar refractivity (Wildman–Crippen MR) is 96.2 cm³/mol. The minimum Gasteiger partial charge on any atom is -0.493 e. The van der Waals surface area contributed by atoms with Gasteiger partial charge in [-0.2, -0.15) is 0 Å². The van der Waals surface area contributed by atoms with E-state index in [1.165, 1.54) is 38.5 Å². The van der Waals surface area contributed by atoms with Crippen molar-refractivity contribution in [2.24, 2.45) is 0 Å². The van der Waals surface area contributed by atoms with Crippen molar-refractivity contribution in [3.63, 3.8) is 0 Å². The molecule has 9 heteroatoms. The van der Waals surface area contributed by atoms with Crippen molar-refractivity contribution in [2.45, 2.75) is 11.8 Å². The number of hydrogen-bond acceptors (Lipinski definition) is 5. The molecule has 0 aliphatic carbocycles. The number of nitrogens with one attached hydrogen (secondary N) is 1. The Labute approximate surface area is 153 Å². The van der Waals surface area contributed by atoms with Gasteiger partial charge in [0.15, 0.2) is 11.5 Å². The van der Waals surface area contributed by atoms with Crippen LogP contribution in [0.3, 0.4) is 0 Å². The molecule has 25 heavy (non-hydrogen) atoms. The van der Waals surface area contributed by atoms with E-state index in [-0.39, 0.29) is 21.9 Å². The molecular weight excluding hydrogens is 414 g/mol. The van der Waals surface area contributed by atoms with E-state index in [1.54, 1.807) is 13.0 Å². The molecule has 0 saturated carbocycles. The highest BCUT2D eigenvalue weighted by Crippen LogP contribution is 2.32. The van der Waals surface area contributed by atoms with Gasteiger partial charge in [0, 0.05) is 10.5 Å². The van der Waals surface area contributed by atoms with Crippen LogP contribution in [0.5, 0.6) is 11.5 Å². The third kappa shape index (κ3) is 3.88. The maximum Gasteiger partial charge on any atom is 0.338 e. The van der Waals surface area contributed by atoms with Crippen LogP contribution in [0.25, 0.3) is 0 Å². The molecule has 0 unspecified atom stereocenters. The first kappa shape index (κ1) is 19.1. The zero-order chi connectivity index (χ0) is 18.8. The molecule has 0 fully saturated rings. The molecular formula is C16H16BrNO6S. The summed E-state index contributed by atoms with van der Waals surface area (Å²) in [6.07, 6.45) is 0. The molecule has 0 amide bonds. The molecule has 134 valence electrons. The molecule has 7 nitrogen and oxygen atoms in total. The largest absolute Gasteiger partial charge is 0.493 e. The van der Waals surface area contributed by atoms with Crippen LogP contribution < -0.4 is 14.2 Å². The Hall–Kier alpha value is -2.26. The van der Waals surface area contributed by atoms with Crippen molar-refractivity contribution in [2.75, 3.05) is 18.9 Å². The van der Waals surface area contributed by atoms with E-state index < -0.39 is 16.0 Å². The number of halogens is 1. The van der Waals surface area contributed by atoms with Gasteiger partial charge >= 0.3 is 5.97 Å². The lowest BCUT2D eigenvalue weighted by molar-refractivity contribution is 0.0697. The molecule has 0 aliphatic heterocycles. The minimum atomic E-state index is -4.02. The molecule has 0 radical (unpaired) electrons. The number of methoxy groups -OCH3 is 2. The second kappa shape index (κ2) is 7.32. The van der Waals surface area contributed by atoms with Crippen LogP contribution in [-0.2, 0) is 10.0 Å². The van der Waals surface area contributed by atoms with Gasteiger partial charge < -0.3 is 14.6 Å². The van der Waals surface area contributed by atoms with Gasteiger partial charge in [0.2, 0.25) is 0 Å². The summed E-state index contributed by atoms with van der Waals surface area (Å²) in [4.78, 5) is 11.4. The maximum atomic E-state index is 12.6. The Bertz CT molecular complexity index is 926. The molecule has 0 spiro atoms. The van der Waals surface area contributed by atoms with Crippen LogP contribution >= 0.6 is 15.9 Å². The van der Waals surface area contributed by atoms with E-state index in [1.807, 2.05) is 0 Å². The third-order valence-corrected chi connectivity index (χ3v) is 5.74. The number of benzene rings is 2. The Kier molecular flexibility index (Phi) is 5.58. The van der Waals surface area contributed by atoms with Crippen LogP contribution in [0.2, 0.25) is 0 Å². The zero-order valence-electron chi connectivity index (χ0n) is 13.7. The molecule has 2 aromatic carbocycles. The van der Waals surface area contributed by atoms with Crippen molar-refractivity contribution in [1.29, 1.82) is 0 Å². The molecule has 0 bridgehead atoms. The number of rotatable bonds is 6. The van der Waals surface area contributed by atoms with Crippen LogP contribution in [0.1, 0.15) is 15.9 Å².